The van der Waals surface area contributed by atoms with Crippen LogP contribution < -0.4 is 0 Å². The second-order valence-electron chi connectivity index (χ2n) is 5.14. The molecule has 0 spiro atoms. The van der Waals surface area contributed by atoms with E-state index < -0.39 is 14.1 Å². The lowest BCUT2D eigenvalue weighted by atomic mass is 9.99. The fraction of sp³-hybridized carbons (Fsp3) is 0.467. The van der Waals surface area contributed by atoms with Gasteiger partial charge in [0, 0.05) is 25.7 Å². The molecule has 0 N–H and O–H groups in total. The van der Waals surface area contributed by atoms with E-state index in [2.05, 4.69) is 0 Å². The Morgan fingerprint density at radius 3 is 1.95 bits per heavy atom. The summed E-state index contributed by atoms with van der Waals surface area (Å²) in [5.74, 6) is -0.594. The van der Waals surface area contributed by atoms with Gasteiger partial charge in [-0.05, 0) is 6.55 Å². The van der Waals surface area contributed by atoms with Crippen LogP contribution in [0.3, 0.4) is 0 Å². The zero-order valence-electron chi connectivity index (χ0n) is 12.7. The van der Waals surface area contributed by atoms with Crippen molar-refractivity contribution in [2.75, 3.05) is 14.2 Å². The summed E-state index contributed by atoms with van der Waals surface area (Å²) in [4.78, 5) is 25.2. The molecular formula is C15H22O4Si. The van der Waals surface area contributed by atoms with E-state index in [-0.39, 0.29) is 17.5 Å². The maximum Gasteiger partial charge on any atom is 0.353 e. The highest BCUT2D eigenvalue weighted by molar-refractivity contribution is 6.76. The lowest BCUT2D eigenvalue weighted by Gasteiger charge is -2.31. The van der Waals surface area contributed by atoms with Crippen molar-refractivity contribution in [3.8, 4) is 0 Å². The van der Waals surface area contributed by atoms with Gasteiger partial charge in [-0.3, -0.25) is 9.59 Å². The van der Waals surface area contributed by atoms with E-state index in [1.54, 1.807) is 44.7 Å². The molecule has 0 radical (unpaired) electrons. The summed E-state index contributed by atoms with van der Waals surface area (Å²) in [7, 11) is 0.0917. The standard InChI is InChI=1S/C15H22O4Si/c1-11(2)13(16)15(20(5,18-3)19-4)14(17)12-9-7-6-8-10-12/h6-11,15H,1-5H3. The van der Waals surface area contributed by atoms with Gasteiger partial charge in [0.15, 0.2) is 5.78 Å². The first-order chi connectivity index (χ1) is 9.37. The number of Topliss-reactive ketones (excluding diaryl/α,β-unsaturated/α-hetero) is 2. The van der Waals surface area contributed by atoms with Gasteiger partial charge in [0.05, 0.1) is 0 Å². The summed E-state index contributed by atoms with van der Waals surface area (Å²) < 4.78 is 10.9. The summed E-state index contributed by atoms with van der Waals surface area (Å²) in [6, 6.07) is 8.82. The van der Waals surface area contributed by atoms with E-state index in [4.69, 9.17) is 8.85 Å². The molecule has 20 heavy (non-hydrogen) atoms. The monoisotopic (exact) mass is 294 g/mol. The number of rotatable bonds is 7. The molecule has 0 aliphatic carbocycles. The molecule has 0 aliphatic rings. The van der Waals surface area contributed by atoms with Crippen LogP contribution in [0.15, 0.2) is 30.3 Å². The van der Waals surface area contributed by atoms with Gasteiger partial charge < -0.3 is 8.85 Å². The minimum Gasteiger partial charge on any atom is -0.397 e. The van der Waals surface area contributed by atoms with E-state index in [1.165, 1.54) is 14.2 Å². The zero-order valence-corrected chi connectivity index (χ0v) is 13.7. The summed E-state index contributed by atoms with van der Waals surface area (Å²) in [5.41, 5.74) is -0.334. The Morgan fingerprint density at radius 2 is 1.55 bits per heavy atom. The van der Waals surface area contributed by atoms with Crippen molar-refractivity contribution in [1.82, 2.24) is 0 Å². The number of hydrogen-bond donors (Lipinski definition) is 0. The van der Waals surface area contributed by atoms with Crippen LogP contribution in [0.5, 0.6) is 0 Å². The average molecular weight is 294 g/mol. The van der Waals surface area contributed by atoms with Crippen LogP contribution in [-0.2, 0) is 13.6 Å². The van der Waals surface area contributed by atoms with E-state index >= 15 is 0 Å². The Bertz CT molecular complexity index is 466. The van der Waals surface area contributed by atoms with Crippen LogP contribution in [0, 0.1) is 5.92 Å². The van der Waals surface area contributed by atoms with Crippen LogP contribution in [0.2, 0.25) is 12.1 Å². The van der Waals surface area contributed by atoms with Crippen molar-refractivity contribution in [3.63, 3.8) is 0 Å². The normalized spacial score (nSPS) is 13.3. The molecule has 0 fully saturated rings. The van der Waals surface area contributed by atoms with Crippen molar-refractivity contribution in [2.24, 2.45) is 5.92 Å². The summed E-state index contributed by atoms with van der Waals surface area (Å²) in [6.07, 6.45) is 0. The summed E-state index contributed by atoms with van der Waals surface area (Å²) in [5, 5.41) is 0. The second-order valence-corrected chi connectivity index (χ2v) is 8.57. The lowest BCUT2D eigenvalue weighted by molar-refractivity contribution is -0.121. The van der Waals surface area contributed by atoms with Crippen LogP contribution in [0.1, 0.15) is 24.2 Å². The summed E-state index contributed by atoms with van der Waals surface area (Å²) in [6.45, 7) is 5.32. The molecule has 0 amide bonds. The summed E-state index contributed by atoms with van der Waals surface area (Å²) >= 11 is 0. The molecule has 0 saturated heterocycles. The third kappa shape index (κ3) is 3.42. The Morgan fingerprint density at radius 1 is 1.05 bits per heavy atom. The molecule has 0 aliphatic heterocycles. The van der Waals surface area contributed by atoms with Crippen LogP contribution >= 0.6 is 0 Å². The number of ketones is 2. The molecule has 1 aromatic carbocycles. The number of hydrogen-bond acceptors (Lipinski definition) is 4. The molecule has 1 atom stereocenters. The molecule has 1 unspecified atom stereocenters. The SMILES string of the molecule is CO[Si](C)(OC)C(C(=O)c1ccccc1)C(=O)C(C)C. The fourth-order valence-electron chi connectivity index (χ4n) is 2.05. The third-order valence-corrected chi connectivity index (χ3v) is 6.73. The van der Waals surface area contributed by atoms with Crippen LogP contribution in [-0.4, -0.2) is 34.3 Å². The minimum absolute atomic E-state index is 0.128. The number of carbonyl (C=O) groups is 2. The van der Waals surface area contributed by atoms with E-state index in [0.717, 1.165) is 0 Å². The Balaban J connectivity index is 3.25. The van der Waals surface area contributed by atoms with Gasteiger partial charge in [0.25, 0.3) is 0 Å². The molecule has 0 heterocycles. The fourth-order valence-corrected chi connectivity index (χ4v) is 4.18. The van der Waals surface area contributed by atoms with Crippen molar-refractivity contribution in [1.29, 1.82) is 0 Å². The third-order valence-electron chi connectivity index (χ3n) is 3.51. The largest absolute Gasteiger partial charge is 0.397 e. The minimum atomic E-state index is -2.90. The molecule has 1 aromatic rings. The smallest absolute Gasteiger partial charge is 0.353 e. The first kappa shape index (κ1) is 16.8. The average Bonchev–Trinajstić information content (AvgIpc) is 2.47. The van der Waals surface area contributed by atoms with E-state index in [1.807, 2.05) is 6.07 Å². The molecule has 5 heteroatoms. The number of benzene rings is 1. The van der Waals surface area contributed by atoms with Gasteiger partial charge in [-0.15, -0.1) is 0 Å². The molecule has 0 saturated carbocycles. The van der Waals surface area contributed by atoms with Gasteiger partial charge in [-0.1, -0.05) is 44.2 Å². The van der Waals surface area contributed by atoms with Gasteiger partial charge in [0.2, 0.25) is 0 Å². The maximum atomic E-state index is 12.7. The predicted molar refractivity (Wildman–Crippen MR) is 80.0 cm³/mol. The Hall–Kier alpha value is -1.30. The highest BCUT2D eigenvalue weighted by Gasteiger charge is 2.49. The highest BCUT2D eigenvalue weighted by Crippen LogP contribution is 2.31. The van der Waals surface area contributed by atoms with Gasteiger partial charge in [-0.2, -0.15) is 0 Å². The van der Waals surface area contributed by atoms with Gasteiger partial charge in [0.1, 0.15) is 11.3 Å². The van der Waals surface area contributed by atoms with E-state index in [0.29, 0.717) is 5.56 Å². The van der Waals surface area contributed by atoms with Crippen molar-refractivity contribution in [2.45, 2.75) is 25.9 Å². The molecule has 0 bridgehead atoms. The second kappa shape index (κ2) is 6.92. The molecule has 110 valence electrons. The predicted octanol–water partition coefficient (Wildman–Crippen LogP) is 2.83. The number of carbonyl (C=O) groups excluding carboxylic acids is 2. The van der Waals surface area contributed by atoms with Crippen LogP contribution in [0.25, 0.3) is 0 Å². The first-order valence-corrected chi connectivity index (χ1v) is 9.00. The lowest BCUT2D eigenvalue weighted by Crippen LogP contribution is -2.49. The highest BCUT2D eigenvalue weighted by atomic mass is 28.4. The molecule has 4 nitrogen and oxygen atoms in total. The van der Waals surface area contributed by atoms with Crippen molar-refractivity contribution >= 4 is 20.1 Å². The maximum absolute atomic E-state index is 12.7. The van der Waals surface area contributed by atoms with Crippen molar-refractivity contribution < 1.29 is 18.4 Å². The van der Waals surface area contributed by atoms with Gasteiger partial charge in [-0.25, -0.2) is 0 Å². The zero-order chi connectivity index (χ0) is 15.3. The topological polar surface area (TPSA) is 52.6 Å². The van der Waals surface area contributed by atoms with Crippen LogP contribution in [0.4, 0.5) is 0 Å². The molecular weight excluding hydrogens is 272 g/mol. The van der Waals surface area contributed by atoms with E-state index in [9.17, 15) is 9.59 Å². The Kier molecular flexibility index (Phi) is 5.80. The molecule has 1 rings (SSSR count). The Labute approximate surface area is 121 Å². The quantitative estimate of drug-likeness (QED) is 0.441. The van der Waals surface area contributed by atoms with Gasteiger partial charge >= 0.3 is 8.56 Å². The van der Waals surface area contributed by atoms with Crippen molar-refractivity contribution in [3.05, 3.63) is 35.9 Å². The molecule has 0 aromatic heterocycles. The first-order valence-electron chi connectivity index (χ1n) is 6.60.